The average Bonchev–Trinajstić information content (AvgIpc) is 2.15. The molecule has 1 aromatic carbocycles. The van der Waals surface area contributed by atoms with Crippen LogP contribution in [-0.4, -0.2) is 10.9 Å². The normalized spacial score (nSPS) is 9.43. The molecule has 0 bridgehead atoms. The molecule has 1 rings (SSSR count). The van der Waals surface area contributed by atoms with E-state index in [0.717, 1.165) is 0 Å². The van der Waals surface area contributed by atoms with Crippen LogP contribution in [0.1, 0.15) is 5.56 Å². The number of nitrogens with two attached hydrogens (primary N) is 2. The molecule has 0 heterocycles. The lowest BCUT2D eigenvalue weighted by Gasteiger charge is -1.96. The van der Waals surface area contributed by atoms with E-state index in [4.69, 9.17) is 11.5 Å². The molecule has 0 fully saturated rings. The van der Waals surface area contributed by atoms with Crippen molar-refractivity contribution in [1.82, 2.24) is 0 Å². The summed E-state index contributed by atoms with van der Waals surface area (Å²) in [5.41, 5.74) is 11.0. The Balaban J connectivity index is 2.84. The summed E-state index contributed by atoms with van der Waals surface area (Å²) in [5.74, 6) is -0.0310. The van der Waals surface area contributed by atoms with Crippen LogP contribution in [0.3, 0.4) is 0 Å². The zero-order valence-electron chi connectivity index (χ0n) is 7.38. The highest BCUT2D eigenvalue weighted by Crippen LogP contribution is 2.13. The lowest BCUT2D eigenvalue weighted by Crippen LogP contribution is -2.22. The smallest absolute Gasteiger partial charge is 0.269 e. The van der Waals surface area contributed by atoms with Crippen LogP contribution < -0.4 is 11.5 Å². The summed E-state index contributed by atoms with van der Waals surface area (Å²) in [6.07, 6.45) is 0. The van der Waals surface area contributed by atoms with E-state index in [1.807, 2.05) is 0 Å². The summed E-state index contributed by atoms with van der Waals surface area (Å²) < 4.78 is 0. The molecule has 0 saturated heterocycles. The fourth-order valence-electron chi connectivity index (χ4n) is 0.951. The quantitative estimate of drug-likeness (QED) is 0.313. The van der Waals surface area contributed by atoms with Gasteiger partial charge >= 0.3 is 0 Å². The molecule has 6 heteroatoms. The number of benzene rings is 1. The SMILES string of the molecule is NC(N)=NCc1cccc([N+](=O)[O-])c1. The maximum atomic E-state index is 10.4. The molecule has 1 aromatic rings. The number of hydrogen-bond donors (Lipinski definition) is 2. The van der Waals surface area contributed by atoms with Crippen LogP contribution in [0, 0.1) is 10.1 Å². The maximum Gasteiger partial charge on any atom is 0.269 e. The second kappa shape index (κ2) is 4.22. The maximum absolute atomic E-state index is 10.4. The van der Waals surface area contributed by atoms with Crippen LogP contribution in [0.25, 0.3) is 0 Å². The van der Waals surface area contributed by atoms with Gasteiger partial charge in [-0.05, 0) is 5.56 Å². The Morgan fingerprint density at radius 3 is 2.79 bits per heavy atom. The van der Waals surface area contributed by atoms with Crippen molar-refractivity contribution < 1.29 is 4.92 Å². The predicted octanol–water partition coefficient (Wildman–Crippen LogP) is 0.368. The first kappa shape index (κ1) is 9.97. The molecule has 0 aromatic heterocycles. The molecular formula is C8H10N4O2. The molecule has 0 radical (unpaired) electrons. The number of aliphatic imine (C=N–C) groups is 1. The van der Waals surface area contributed by atoms with Crippen molar-refractivity contribution in [2.45, 2.75) is 6.54 Å². The fourth-order valence-corrected chi connectivity index (χ4v) is 0.951. The summed E-state index contributed by atoms with van der Waals surface area (Å²) in [5, 5.41) is 10.4. The molecule has 0 unspecified atom stereocenters. The van der Waals surface area contributed by atoms with E-state index in [9.17, 15) is 10.1 Å². The van der Waals surface area contributed by atoms with Crippen molar-refractivity contribution >= 4 is 11.6 Å². The number of guanidine groups is 1. The van der Waals surface area contributed by atoms with Crippen LogP contribution in [0.2, 0.25) is 0 Å². The molecule has 0 aliphatic rings. The minimum atomic E-state index is -0.459. The molecule has 6 nitrogen and oxygen atoms in total. The Hall–Kier alpha value is -2.11. The number of rotatable bonds is 3. The van der Waals surface area contributed by atoms with Crippen LogP contribution in [0.15, 0.2) is 29.3 Å². The number of nitro benzene ring substituents is 1. The van der Waals surface area contributed by atoms with E-state index in [0.29, 0.717) is 5.56 Å². The monoisotopic (exact) mass is 194 g/mol. The first-order valence-corrected chi connectivity index (χ1v) is 3.88. The Morgan fingerprint density at radius 2 is 2.21 bits per heavy atom. The minimum Gasteiger partial charge on any atom is -0.370 e. The van der Waals surface area contributed by atoms with Crippen molar-refractivity contribution in [3.8, 4) is 0 Å². The molecule has 0 aliphatic carbocycles. The second-order valence-corrected chi connectivity index (χ2v) is 2.67. The van der Waals surface area contributed by atoms with Crippen molar-refractivity contribution in [1.29, 1.82) is 0 Å². The van der Waals surface area contributed by atoms with Crippen molar-refractivity contribution in [3.63, 3.8) is 0 Å². The van der Waals surface area contributed by atoms with Crippen molar-refractivity contribution in [3.05, 3.63) is 39.9 Å². The standard InChI is InChI=1S/C8H10N4O2/c9-8(10)11-5-6-2-1-3-7(4-6)12(13)14/h1-4H,5H2,(H4,9,10,11). The van der Waals surface area contributed by atoms with Gasteiger partial charge in [-0.3, -0.25) is 10.1 Å². The van der Waals surface area contributed by atoms with Gasteiger partial charge in [-0.2, -0.15) is 0 Å². The van der Waals surface area contributed by atoms with Crippen LogP contribution in [-0.2, 0) is 6.54 Å². The lowest BCUT2D eigenvalue weighted by molar-refractivity contribution is -0.384. The van der Waals surface area contributed by atoms with E-state index >= 15 is 0 Å². The van der Waals surface area contributed by atoms with Gasteiger partial charge in [-0.1, -0.05) is 12.1 Å². The summed E-state index contributed by atoms with van der Waals surface area (Å²) in [6, 6.07) is 6.17. The summed E-state index contributed by atoms with van der Waals surface area (Å²) >= 11 is 0. The number of hydrogen-bond acceptors (Lipinski definition) is 3. The lowest BCUT2D eigenvalue weighted by atomic mass is 10.2. The van der Waals surface area contributed by atoms with E-state index in [2.05, 4.69) is 4.99 Å². The largest absolute Gasteiger partial charge is 0.370 e. The Morgan fingerprint density at radius 1 is 1.50 bits per heavy atom. The molecule has 4 N–H and O–H groups in total. The first-order chi connectivity index (χ1) is 6.59. The van der Waals surface area contributed by atoms with Gasteiger partial charge in [-0.25, -0.2) is 4.99 Å². The highest BCUT2D eigenvalue weighted by Gasteiger charge is 2.04. The Kier molecular flexibility index (Phi) is 3.01. The summed E-state index contributed by atoms with van der Waals surface area (Å²) in [6.45, 7) is 0.254. The van der Waals surface area contributed by atoms with E-state index in [1.165, 1.54) is 12.1 Å². The van der Waals surface area contributed by atoms with Crippen LogP contribution >= 0.6 is 0 Å². The molecule has 0 spiro atoms. The molecule has 0 amide bonds. The first-order valence-electron chi connectivity index (χ1n) is 3.88. The summed E-state index contributed by atoms with van der Waals surface area (Å²) in [7, 11) is 0. The third kappa shape index (κ3) is 2.74. The summed E-state index contributed by atoms with van der Waals surface area (Å²) in [4.78, 5) is 13.7. The van der Waals surface area contributed by atoms with Gasteiger partial charge in [0.1, 0.15) is 0 Å². The van der Waals surface area contributed by atoms with Crippen molar-refractivity contribution in [2.24, 2.45) is 16.5 Å². The van der Waals surface area contributed by atoms with Gasteiger partial charge < -0.3 is 11.5 Å². The van der Waals surface area contributed by atoms with Crippen molar-refractivity contribution in [2.75, 3.05) is 0 Å². The minimum absolute atomic E-state index is 0.0310. The van der Waals surface area contributed by atoms with Gasteiger partial charge in [-0.15, -0.1) is 0 Å². The highest BCUT2D eigenvalue weighted by molar-refractivity contribution is 5.75. The third-order valence-corrected chi connectivity index (χ3v) is 1.57. The molecular weight excluding hydrogens is 184 g/mol. The van der Waals surface area contributed by atoms with E-state index in [1.54, 1.807) is 12.1 Å². The van der Waals surface area contributed by atoms with E-state index < -0.39 is 4.92 Å². The number of nitrogens with zero attached hydrogens (tertiary/aromatic N) is 2. The van der Waals surface area contributed by atoms with Crippen LogP contribution in [0.5, 0.6) is 0 Å². The predicted molar refractivity (Wildman–Crippen MR) is 52.6 cm³/mol. The second-order valence-electron chi connectivity index (χ2n) is 2.67. The Labute approximate surface area is 80.4 Å². The molecule has 0 saturated carbocycles. The Bertz CT molecular complexity index is 371. The highest BCUT2D eigenvalue weighted by atomic mass is 16.6. The molecule has 0 aliphatic heterocycles. The van der Waals surface area contributed by atoms with Crippen LogP contribution in [0.4, 0.5) is 5.69 Å². The molecule has 74 valence electrons. The molecule has 14 heavy (non-hydrogen) atoms. The number of nitro groups is 1. The van der Waals surface area contributed by atoms with Gasteiger partial charge in [0.15, 0.2) is 5.96 Å². The topological polar surface area (TPSA) is 108 Å². The van der Waals surface area contributed by atoms with Gasteiger partial charge in [0.25, 0.3) is 5.69 Å². The van der Waals surface area contributed by atoms with Gasteiger partial charge in [0, 0.05) is 12.1 Å². The third-order valence-electron chi connectivity index (χ3n) is 1.57. The van der Waals surface area contributed by atoms with Gasteiger partial charge in [0.05, 0.1) is 11.5 Å². The molecule has 0 atom stereocenters. The average molecular weight is 194 g/mol. The zero-order chi connectivity index (χ0) is 10.6. The zero-order valence-corrected chi connectivity index (χ0v) is 7.38. The fraction of sp³-hybridized carbons (Fsp3) is 0.125. The van der Waals surface area contributed by atoms with E-state index in [-0.39, 0.29) is 18.2 Å². The van der Waals surface area contributed by atoms with Gasteiger partial charge in [0.2, 0.25) is 0 Å². The number of non-ortho nitro benzene ring substituents is 1.